The lowest BCUT2D eigenvalue weighted by Crippen LogP contribution is -2.23. The summed E-state index contributed by atoms with van der Waals surface area (Å²) in [6, 6.07) is 22.3. The molecule has 0 aliphatic carbocycles. The van der Waals surface area contributed by atoms with E-state index in [1.165, 1.54) is 12.1 Å². The van der Waals surface area contributed by atoms with Crippen molar-refractivity contribution in [1.82, 2.24) is 4.57 Å². The SMILES string of the molecule is O=C(O)c1ccc(N=c2sc(C=C3C=Nc4ccccc43)c(O)n2C(=O)c2ccccc2)cc1. The lowest BCUT2D eigenvalue weighted by atomic mass is 10.1. The molecule has 4 aromatic rings. The van der Waals surface area contributed by atoms with Crippen molar-refractivity contribution >= 4 is 52.5 Å². The average Bonchev–Trinajstić information content (AvgIpc) is 3.40. The van der Waals surface area contributed by atoms with E-state index in [-0.39, 0.29) is 16.2 Å². The molecule has 7 nitrogen and oxygen atoms in total. The van der Waals surface area contributed by atoms with Crippen molar-refractivity contribution in [2.24, 2.45) is 9.98 Å². The van der Waals surface area contributed by atoms with Gasteiger partial charge in [0.05, 0.1) is 21.8 Å². The number of aromatic nitrogens is 1. The highest BCUT2D eigenvalue weighted by Crippen LogP contribution is 2.34. The number of fused-ring (bicyclic) bond motifs is 1. The second-order valence-electron chi connectivity index (χ2n) is 7.42. The molecule has 0 fully saturated rings. The molecule has 1 aliphatic heterocycles. The lowest BCUT2D eigenvalue weighted by molar-refractivity contribution is 0.0696. The van der Waals surface area contributed by atoms with Crippen molar-refractivity contribution in [3.8, 4) is 5.88 Å². The summed E-state index contributed by atoms with van der Waals surface area (Å²) in [5.41, 5.74) is 3.55. The van der Waals surface area contributed by atoms with Crippen LogP contribution in [0.1, 0.15) is 31.2 Å². The number of aromatic carboxylic acids is 1. The number of benzene rings is 3. The Balaban J connectivity index is 1.66. The van der Waals surface area contributed by atoms with Crippen LogP contribution in [0.3, 0.4) is 0 Å². The third-order valence-electron chi connectivity index (χ3n) is 5.23. The molecule has 0 atom stereocenters. The van der Waals surface area contributed by atoms with E-state index >= 15 is 0 Å². The Morgan fingerprint density at radius 3 is 2.35 bits per heavy atom. The number of allylic oxidation sites excluding steroid dienone is 1. The first-order chi connectivity index (χ1) is 16.5. The lowest BCUT2D eigenvalue weighted by Gasteiger charge is -2.04. The third kappa shape index (κ3) is 3.98. The van der Waals surface area contributed by atoms with Crippen LogP contribution in [-0.4, -0.2) is 32.9 Å². The molecule has 8 heteroatoms. The number of carboxylic acid groups (broad SMARTS) is 1. The molecular formula is C26H17N3O4S. The molecule has 1 aromatic heterocycles. The minimum Gasteiger partial charge on any atom is -0.493 e. The van der Waals surface area contributed by atoms with Gasteiger partial charge >= 0.3 is 5.97 Å². The summed E-state index contributed by atoms with van der Waals surface area (Å²) in [5.74, 6) is -1.70. The van der Waals surface area contributed by atoms with E-state index in [1.807, 2.05) is 24.3 Å². The van der Waals surface area contributed by atoms with Crippen LogP contribution in [0.25, 0.3) is 11.6 Å². The van der Waals surface area contributed by atoms with E-state index < -0.39 is 11.9 Å². The van der Waals surface area contributed by atoms with Crippen LogP contribution in [0.2, 0.25) is 0 Å². The molecule has 166 valence electrons. The molecule has 2 heterocycles. The Labute approximate surface area is 198 Å². The minimum absolute atomic E-state index is 0.130. The van der Waals surface area contributed by atoms with Gasteiger partial charge in [0.15, 0.2) is 0 Å². The maximum Gasteiger partial charge on any atom is 0.335 e. The van der Waals surface area contributed by atoms with Crippen molar-refractivity contribution in [2.45, 2.75) is 0 Å². The Bertz CT molecular complexity index is 1550. The van der Waals surface area contributed by atoms with Crippen LogP contribution in [0.5, 0.6) is 5.88 Å². The van der Waals surface area contributed by atoms with E-state index in [0.717, 1.165) is 32.7 Å². The third-order valence-corrected chi connectivity index (χ3v) is 6.21. The van der Waals surface area contributed by atoms with Gasteiger partial charge in [-0.05, 0) is 48.5 Å². The van der Waals surface area contributed by atoms with Crippen LogP contribution >= 0.6 is 11.3 Å². The molecule has 3 aromatic carbocycles. The summed E-state index contributed by atoms with van der Waals surface area (Å²) < 4.78 is 1.16. The van der Waals surface area contributed by atoms with Gasteiger partial charge in [0.2, 0.25) is 10.7 Å². The molecule has 2 N–H and O–H groups in total. The number of nitrogens with zero attached hydrogens (tertiary/aromatic N) is 3. The molecule has 0 amide bonds. The van der Waals surface area contributed by atoms with Gasteiger partial charge < -0.3 is 10.2 Å². The molecular weight excluding hydrogens is 450 g/mol. The van der Waals surface area contributed by atoms with Gasteiger partial charge in [0.25, 0.3) is 5.91 Å². The number of hydrogen-bond acceptors (Lipinski definition) is 6. The van der Waals surface area contributed by atoms with Crippen LogP contribution in [0.15, 0.2) is 88.8 Å². The number of rotatable bonds is 4. The van der Waals surface area contributed by atoms with Crippen molar-refractivity contribution in [2.75, 3.05) is 0 Å². The molecule has 0 spiro atoms. The highest BCUT2D eigenvalue weighted by Gasteiger charge is 2.20. The Morgan fingerprint density at radius 1 is 0.912 bits per heavy atom. The van der Waals surface area contributed by atoms with Gasteiger partial charge in [-0.1, -0.05) is 47.7 Å². The van der Waals surface area contributed by atoms with Crippen molar-refractivity contribution < 1.29 is 19.8 Å². The van der Waals surface area contributed by atoms with E-state index in [4.69, 9.17) is 5.11 Å². The zero-order valence-corrected chi connectivity index (χ0v) is 18.4. The van der Waals surface area contributed by atoms with Crippen molar-refractivity contribution in [3.63, 3.8) is 0 Å². The fraction of sp³-hybridized carbons (Fsp3) is 0. The van der Waals surface area contributed by atoms with Gasteiger partial charge in [-0.2, -0.15) is 0 Å². The van der Waals surface area contributed by atoms with Gasteiger partial charge in [-0.25, -0.2) is 14.4 Å². The van der Waals surface area contributed by atoms with E-state index in [0.29, 0.717) is 16.1 Å². The van der Waals surface area contributed by atoms with Crippen LogP contribution < -0.4 is 4.80 Å². The number of hydrogen-bond donors (Lipinski definition) is 2. The zero-order valence-electron chi connectivity index (χ0n) is 17.6. The Hall–Kier alpha value is -4.56. The minimum atomic E-state index is -1.04. The number of para-hydroxylation sites is 1. The quantitative estimate of drug-likeness (QED) is 0.434. The Morgan fingerprint density at radius 2 is 1.62 bits per heavy atom. The average molecular weight is 468 g/mol. The van der Waals surface area contributed by atoms with Crippen LogP contribution in [-0.2, 0) is 0 Å². The summed E-state index contributed by atoms with van der Waals surface area (Å²) in [6.07, 6.45) is 3.49. The second kappa shape index (κ2) is 8.76. The van der Waals surface area contributed by atoms with Gasteiger partial charge in [0, 0.05) is 22.9 Å². The maximum atomic E-state index is 13.3. The molecule has 0 saturated heterocycles. The van der Waals surface area contributed by atoms with Crippen LogP contribution in [0, 0.1) is 0 Å². The van der Waals surface area contributed by atoms with Crippen LogP contribution in [0.4, 0.5) is 11.4 Å². The summed E-state index contributed by atoms with van der Waals surface area (Å²) in [6.45, 7) is 0. The van der Waals surface area contributed by atoms with E-state index in [2.05, 4.69) is 9.98 Å². The highest BCUT2D eigenvalue weighted by atomic mass is 32.1. The number of thiazole rings is 1. The predicted molar refractivity (Wildman–Crippen MR) is 131 cm³/mol. The molecule has 0 unspecified atom stereocenters. The first-order valence-electron chi connectivity index (χ1n) is 10.3. The summed E-state index contributed by atoms with van der Waals surface area (Å²) >= 11 is 1.15. The first kappa shape index (κ1) is 21.3. The number of aromatic hydroxyl groups is 1. The zero-order chi connectivity index (χ0) is 23.7. The predicted octanol–water partition coefficient (Wildman–Crippen LogP) is 5.13. The fourth-order valence-electron chi connectivity index (χ4n) is 3.53. The smallest absolute Gasteiger partial charge is 0.335 e. The monoisotopic (exact) mass is 467 g/mol. The number of carboxylic acids is 1. The molecule has 5 rings (SSSR count). The number of carbonyl (C=O) groups is 2. The largest absolute Gasteiger partial charge is 0.493 e. The Kier molecular flexibility index (Phi) is 5.49. The molecule has 34 heavy (non-hydrogen) atoms. The number of carbonyl (C=O) groups excluding carboxylic acids is 1. The second-order valence-corrected chi connectivity index (χ2v) is 8.43. The summed E-state index contributed by atoms with van der Waals surface area (Å²) in [4.78, 5) is 34.1. The van der Waals surface area contributed by atoms with E-state index in [1.54, 1.807) is 54.8 Å². The standard InChI is InChI=1S/C26H17N3O4S/c30-23(16-6-2-1-3-7-16)29-24(31)22(14-18-15-27-21-9-5-4-8-20(18)21)34-26(29)28-19-12-10-17(11-13-19)25(32)33/h1-15,31H,(H,32,33). The fourth-order valence-corrected chi connectivity index (χ4v) is 4.51. The molecule has 0 saturated carbocycles. The summed E-state index contributed by atoms with van der Waals surface area (Å²) in [5, 5.41) is 20.2. The maximum absolute atomic E-state index is 13.3. The topological polar surface area (TPSA) is 104 Å². The van der Waals surface area contributed by atoms with E-state index in [9.17, 15) is 14.7 Å². The van der Waals surface area contributed by atoms with Crippen molar-refractivity contribution in [1.29, 1.82) is 0 Å². The summed E-state index contributed by atoms with van der Waals surface area (Å²) in [7, 11) is 0. The number of aliphatic imine (C=N–C) groups is 1. The normalized spacial score (nSPS) is 13.9. The molecule has 0 radical (unpaired) electrons. The van der Waals surface area contributed by atoms with Gasteiger partial charge in [-0.3, -0.25) is 9.79 Å². The first-order valence-corrected chi connectivity index (χ1v) is 11.1. The highest BCUT2D eigenvalue weighted by molar-refractivity contribution is 7.10. The molecule has 1 aliphatic rings. The van der Waals surface area contributed by atoms with Gasteiger partial charge in [-0.15, -0.1) is 0 Å². The molecule has 0 bridgehead atoms. The van der Waals surface area contributed by atoms with Gasteiger partial charge in [0.1, 0.15) is 0 Å². The van der Waals surface area contributed by atoms with Crippen molar-refractivity contribution in [3.05, 3.63) is 105 Å².